The van der Waals surface area contributed by atoms with Gasteiger partial charge in [-0.3, -0.25) is 0 Å². The maximum absolute atomic E-state index is 6.22. The van der Waals surface area contributed by atoms with Crippen LogP contribution in [-0.4, -0.2) is 20.3 Å². The molecule has 0 aliphatic rings. The number of hydrogen-bond donors (Lipinski definition) is 1. The van der Waals surface area contributed by atoms with Gasteiger partial charge in [-0.05, 0) is 30.2 Å². The van der Waals surface area contributed by atoms with Gasteiger partial charge in [0.25, 0.3) is 0 Å². The second-order valence-electron chi connectivity index (χ2n) is 4.73. The van der Waals surface area contributed by atoms with Crippen LogP contribution in [0.25, 0.3) is 0 Å². The number of ether oxygens (including phenoxy) is 2. The highest BCUT2D eigenvalue weighted by Crippen LogP contribution is 2.36. The Balaban J connectivity index is 0.00000361. The SMILES string of the molecule is C=CCOc1c(Cl)cc(CNCC(C)C)cc1OC.Cl. The fourth-order valence-electron chi connectivity index (χ4n) is 1.66. The molecule has 20 heavy (non-hydrogen) atoms. The van der Waals surface area contributed by atoms with Crippen molar-refractivity contribution in [3.63, 3.8) is 0 Å². The largest absolute Gasteiger partial charge is 0.493 e. The zero-order valence-corrected chi connectivity index (χ0v) is 13.8. The van der Waals surface area contributed by atoms with Gasteiger partial charge in [-0.15, -0.1) is 12.4 Å². The summed E-state index contributed by atoms with van der Waals surface area (Å²) >= 11 is 6.22. The molecule has 0 bridgehead atoms. The van der Waals surface area contributed by atoms with Gasteiger partial charge in [-0.25, -0.2) is 0 Å². The smallest absolute Gasteiger partial charge is 0.180 e. The van der Waals surface area contributed by atoms with Crippen molar-refractivity contribution in [2.24, 2.45) is 5.92 Å². The van der Waals surface area contributed by atoms with Gasteiger partial charge in [-0.1, -0.05) is 38.1 Å². The molecular formula is C15H23Cl2NO2. The van der Waals surface area contributed by atoms with Gasteiger partial charge >= 0.3 is 0 Å². The zero-order chi connectivity index (χ0) is 14.3. The average molecular weight is 320 g/mol. The van der Waals surface area contributed by atoms with Crippen LogP contribution in [0.4, 0.5) is 0 Å². The van der Waals surface area contributed by atoms with E-state index in [2.05, 4.69) is 25.7 Å². The molecule has 0 aromatic heterocycles. The number of methoxy groups -OCH3 is 1. The van der Waals surface area contributed by atoms with Crippen molar-refractivity contribution in [1.82, 2.24) is 5.32 Å². The van der Waals surface area contributed by atoms with Crippen molar-refractivity contribution in [2.75, 3.05) is 20.3 Å². The highest BCUT2D eigenvalue weighted by Gasteiger charge is 2.11. The van der Waals surface area contributed by atoms with Gasteiger partial charge in [0.15, 0.2) is 11.5 Å². The van der Waals surface area contributed by atoms with Crippen molar-refractivity contribution in [3.8, 4) is 11.5 Å². The van der Waals surface area contributed by atoms with Crippen molar-refractivity contribution >= 4 is 24.0 Å². The van der Waals surface area contributed by atoms with Gasteiger partial charge in [0.05, 0.1) is 12.1 Å². The molecule has 3 nitrogen and oxygen atoms in total. The van der Waals surface area contributed by atoms with Gasteiger partial charge in [-0.2, -0.15) is 0 Å². The van der Waals surface area contributed by atoms with E-state index >= 15 is 0 Å². The molecule has 114 valence electrons. The zero-order valence-electron chi connectivity index (χ0n) is 12.2. The first kappa shape index (κ1) is 19.1. The van der Waals surface area contributed by atoms with Crippen LogP contribution >= 0.6 is 24.0 Å². The van der Waals surface area contributed by atoms with Crippen molar-refractivity contribution < 1.29 is 9.47 Å². The molecule has 0 aliphatic carbocycles. The Morgan fingerprint density at radius 3 is 2.65 bits per heavy atom. The van der Waals surface area contributed by atoms with E-state index in [9.17, 15) is 0 Å². The summed E-state index contributed by atoms with van der Waals surface area (Å²) in [6, 6.07) is 3.84. The second kappa shape index (κ2) is 9.92. The van der Waals surface area contributed by atoms with Gasteiger partial charge in [0, 0.05) is 6.54 Å². The minimum absolute atomic E-state index is 0. The van der Waals surface area contributed by atoms with E-state index in [0.717, 1.165) is 18.7 Å². The first-order valence-corrected chi connectivity index (χ1v) is 6.77. The molecule has 0 radical (unpaired) electrons. The minimum Gasteiger partial charge on any atom is -0.493 e. The molecular weight excluding hydrogens is 297 g/mol. The molecule has 0 atom stereocenters. The van der Waals surface area contributed by atoms with Gasteiger partial charge in [0.2, 0.25) is 0 Å². The van der Waals surface area contributed by atoms with Crippen molar-refractivity contribution in [1.29, 1.82) is 0 Å². The lowest BCUT2D eigenvalue weighted by atomic mass is 10.1. The maximum atomic E-state index is 6.22. The lowest BCUT2D eigenvalue weighted by Crippen LogP contribution is -2.19. The molecule has 1 rings (SSSR count). The fraction of sp³-hybridized carbons (Fsp3) is 0.467. The molecule has 0 heterocycles. The molecule has 0 spiro atoms. The lowest BCUT2D eigenvalue weighted by Gasteiger charge is -2.14. The first-order valence-electron chi connectivity index (χ1n) is 6.39. The number of nitrogens with one attached hydrogen (secondary N) is 1. The van der Waals surface area contributed by atoms with Crippen LogP contribution in [0, 0.1) is 5.92 Å². The van der Waals surface area contributed by atoms with Crippen LogP contribution in [0.15, 0.2) is 24.8 Å². The van der Waals surface area contributed by atoms with E-state index in [1.54, 1.807) is 13.2 Å². The van der Waals surface area contributed by atoms with Crippen molar-refractivity contribution in [3.05, 3.63) is 35.4 Å². The quantitative estimate of drug-likeness (QED) is 0.732. The van der Waals surface area contributed by atoms with Crippen molar-refractivity contribution in [2.45, 2.75) is 20.4 Å². The minimum atomic E-state index is 0. The molecule has 0 amide bonds. The van der Waals surface area contributed by atoms with E-state index in [1.165, 1.54) is 0 Å². The van der Waals surface area contributed by atoms with Crippen LogP contribution in [0.3, 0.4) is 0 Å². The normalized spacial score (nSPS) is 10.1. The molecule has 0 aliphatic heterocycles. The van der Waals surface area contributed by atoms with E-state index in [1.807, 2.05) is 12.1 Å². The third-order valence-electron chi connectivity index (χ3n) is 2.52. The average Bonchev–Trinajstić information content (AvgIpc) is 2.36. The van der Waals surface area contributed by atoms with Crippen LogP contribution in [0.5, 0.6) is 11.5 Å². The molecule has 0 saturated heterocycles. The fourth-order valence-corrected chi connectivity index (χ4v) is 1.95. The summed E-state index contributed by atoms with van der Waals surface area (Å²) in [5, 5.41) is 3.93. The standard InChI is InChI=1S/C15H22ClNO2.ClH/c1-5-6-19-15-13(16)7-12(8-14(15)18-4)10-17-9-11(2)3;/h5,7-8,11,17H,1,6,9-10H2,2-4H3;1H. The third-order valence-corrected chi connectivity index (χ3v) is 2.80. The lowest BCUT2D eigenvalue weighted by molar-refractivity contribution is 0.326. The Bertz CT molecular complexity index is 423. The van der Waals surface area contributed by atoms with E-state index < -0.39 is 0 Å². The van der Waals surface area contributed by atoms with Crippen LogP contribution in [0.1, 0.15) is 19.4 Å². The summed E-state index contributed by atoms with van der Waals surface area (Å²) in [5.41, 5.74) is 1.08. The molecule has 0 saturated carbocycles. The predicted molar refractivity (Wildman–Crippen MR) is 87.5 cm³/mol. The maximum Gasteiger partial charge on any atom is 0.180 e. The Labute approximate surface area is 132 Å². The number of halogens is 2. The molecule has 1 aromatic carbocycles. The summed E-state index contributed by atoms with van der Waals surface area (Å²) in [7, 11) is 1.61. The summed E-state index contributed by atoms with van der Waals surface area (Å²) in [5.74, 6) is 1.83. The van der Waals surface area contributed by atoms with Crippen LogP contribution in [-0.2, 0) is 6.54 Å². The molecule has 0 unspecified atom stereocenters. The van der Waals surface area contributed by atoms with Gasteiger partial charge in [0.1, 0.15) is 6.61 Å². The number of benzene rings is 1. The monoisotopic (exact) mass is 319 g/mol. The van der Waals surface area contributed by atoms with Crippen LogP contribution < -0.4 is 14.8 Å². The Kier molecular flexibility index (Phi) is 9.47. The predicted octanol–water partition coefficient (Wildman–Crippen LogP) is 4.08. The molecule has 5 heteroatoms. The topological polar surface area (TPSA) is 30.5 Å². The third kappa shape index (κ3) is 6.04. The summed E-state index contributed by atoms with van der Waals surface area (Å²) in [6.45, 7) is 10.1. The van der Waals surface area contributed by atoms with E-state index in [-0.39, 0.29) is 12.4 Å². The summed E-state index contributed by atoms with van der Waals surface area (Å²) in [6.07, 6.45) is 1.67. The highest BCUT2D eigenvalue weighted by atomic mass is 35.5. The first-order chi connectivity index (χ1) is 9.08. The summed E-state index contributed by atoms with van der Waals surface area (Å²) < 4.78 is 10.8. The van der Waals surface area contributed by atoms with E-state index in [4.69, 9.17) is 21.1 Å². The van der Waals surface area contributed by atoms with Gasteiger partial charge < -0.3 is 14.8 Å². The number of hydrogen-bond acceptors (Lipinski definition) is 3. The molecule has 1 aromatic rings. The highest BCUT2D eigenvalue weighted by molar-refractivity contribution is 6.32. The Morgan fingerprint density at radius 1 is 1.40 bits per heavy atom. The summed E-state index contributed by atoms with van der Waals surface area (Å²) in [4.78, 5) is 0. The van der Waals surface area contributed by atoms with E-state index in [0.29, 0.717) is 29.0 Å². The Hall–Kier alpha value is -0.900. The second-order valence-corrected chi connectivity index (χ2v) is 5.14. The number of rotatable bonds is 8. The molecule has 0 fully saturated rings. The molecule has 1 N–H and O–H groups in total. The van der Waals surface area contributed by atoms with Crippen LogP contribution in [0.2, 0.25) is 5.02 Å². The Morgan fingerprint density at radius 2 is 2.10 bits per heavy atom.